The Balaban J connectivity index is 4.11. The normalized spacial score (nSPS) is 18.2. The minimum atomic E-state index is 0.640. The third-order valence-electron chi connectivity index (χ3n) is 3.79. The van der Waals surface area contributed by atoms with E-state index in [1.54, 1.807) is 0 Å². The minimum Gasteiger partial charge on any atom is -0.317 e. The standard InChI is InChI=1S/C13H30N2/c1-8-14-9-11(4)13(6)15(7)12(5)10(2)3/h10-14H,8-9H2,1-7H3. The predicted molar refractivity (Wildman–Crippen MR) is 69.2 cm³/mol. The Morgan fingerprint density at radius 3 is 1.93 bits per heavy atom. The second-order valence-electron chi connectivity index (χ2n) is 5.18. The second kappa shape index (κ2) is 7.24. The molecular weight excluding hydrogens is 184 g/mol. The maximum absolute atomic E-state index is 3.43. The Labute approximate surface area is 96.4 Å². The average molecular weight is 214 g/mol. The van der Waals surface area contributed by atoms with E-state index in [-0.39, 0.29) is 0 Å². The first-order valence-corrected chi connectivity index (χ1v) is 6.34. The first kappa shape index (κ1) is 14.9. The monoisotopic (exact) mass is 214 g/mol. The van der Waals surface area contributed by atoms with Gasteiger partial charge < -0.3 is 10.2 Å². The van der Waals surface area contributed by atoms with Crippen LogP contribution >= 0.6 is 0 Å². The van der Waals surface area contributed by atoms with Gasteiger partial charge in [0.1, 0.15) is 0 Å². The summed E-state index contributed by atoms with van der Waals surface area (Å²) in [6.45, 7) is 15.9. The van der Waals surface area contributed by atoms with Gasteiger partial charge in [-0.05, 0) is 45.8 Å². The van der Waals surface area contributed by atoms with E-state index in [2.05, 4.69) is 58.8 Å². The van der Waals surface area contributed by atoms with E-state index < -0.39 is 0 Å². The summed E-state index contributed by atoms with van der Waals surface area (Å²) in [6, 6.07) is 1.30. The molecule has 0 aliphatic rings. The van der Waals surface area contributed by atoms with Gasteiger partial charge in [0.15, 0.2) is 0 Å². The highest BCUT2D eigenvalue weighted by atomic mass is 15.2. The molecule has 0 aromatic heterocycles. The van der Waals surface area contributed by atoms with Crippen molar-refractivity contribution in [2.24, 2.45) is 11.8 Å². The summed E-state index contributed by atoms with van der Waals surface area (Å²) >= 11 is 0. The lowest BCUT2D eigenvalue weighted by Crippen LogP contribution is -2.45. The van der Waals surface area contributed by atoms with Gasteiger partial charge in [0.05, 0.1) is 0 Å². The molecule has 0 aromatic rings. The van der Waals surface area contributed by atoms with Crippen LogP contribution in [0.25, 0.3) is 0 Å². The van der Waals surface area contributed by atoms with E-state index in [4.69, 9.17) is 0 Å². The van der Waals surface area contributed by atoms with Crippen molar-refractivity contribution in [1.82, 2.24) is 10.2 Å². The van der Waals surface area contributed by atoms with Crippen molar-refractivity contribution in [2.75, 3.05) is 20.1 Å². The molecule has 3 unspecified atom stereocenters. The predicted octanol–water partition coefficient (Wildman–Crippen LogP) is 2.60. The van der Waals surface area contributed by atoms with E-state index in [0.717, 1.165) is 19.0 Å². The topological polar surface area (TPSA) is 15.3 Å². The van der Waals surface area contributed by atoms with E-state index >= 15 is 0 Å². The van der Waals surface area contributed by atoms with Crippen LogP contribution in [0.3, 0.4) is 0 Å². The Bertz CT molecular complexity index is 157. The zero-order chi connectivity index (χ0) is 12.0. The van der Waals surface area contributed by atoms with Crippen molar-refractivity contribution >= 4 is 0 Å². The van der Waals surface area contributed by atoms with Crippen LogP contribution in [0.2, 0.25) is 0 Å². The van der Waals surface area contributed by atoms with Gasteiger partial charge in [-0.1, -0.05) is 27.7 Å². The van der Waals surface area contributed by atoms with Crippen LogP contribution in [-0.4, -0.2) is 37.1 Å². The van der Waals surface area contributed by atoms with Crippen molar-refractivity contribution in [3.8, 4) is 0 Å². The molecule has 2 nitrogen and oxygen atoms in total. The number of hydrogen-bond acceptors (Lipinski definition) is 2. The van der Waals surface area contributed by atoms with Gasteiger partial charge in [-0.2, -0.15) is 0 Å². The molecule has 3 atom stereocenters. The molecule has 1 N–H and O–H groups in total. The molecule has 0 saturated heterocycles. The highest BCUT2D eigenvalue weighted by Crippen LogP contribution is 2.16. The SMILES string of the molecule is CCNCC(C)C(C)N(C)C(C)C(C)C. The lowest BCUT2D eigenvalue weighted by Gasteiger charge is -2.36. The second-order valence-corrected chi connectivity index (χ2v) is 5.18. The van der Waals surface area contributed by atoms with Crippen LogP contribution < -0.4 is 5.32 Å². The summed E-state index contributed by atoms with van der Waals surface area (Å²) < 4.78 is 0. The maximum atomic E-state index is 3.43. The zero-order valence-electron chi connectivity index (χ0n) is 11.7. The minimum absolute atomic E-state index is 0.640. The van der Waals surface area contributed by atoms with Crippen LogP contribution in [0.4, 0.5) is 0 Å². The number of nitrogens with zero attached hydrogens (tertiary/aromatic N) is 1. The largest absolute Gasteiger partial charge is 0.317 e. The molecule has 0 radical (unpaired) electrons. The maximum Gasteiger partial charge on any atom is 0.0104 e. The molecule has 0 amide bonds. The van der Waals surface area contributed by atoms with E-state index in [9.17, 15) is 0 Å². The zero-order valence-corrected chi connectivity index (χ0v) is 11.7. The lowest BCUT2D eigenvalue weighted by atomic mass is 9.97. The first-order valence-electron chi connectivity index (χ1n) is 6.34. The lowest BCUT2D eigenvalue weighted by molar-refractivity contribution is 0.121. The molecule has 0 aromatic carbocycles. The molecule has 0 rings (SSSR count). The Morgan fingerprint density at radius 1 is 1.00 bits per heavy atom. The van der Waals surface area contributed by atoms with Gasteiger partial charge in [0.25, 0.3) is 0 Å². The van der Waals surface area contributed by atoms with Gasteiger partial charge in [-0.25, -0.2) is 0 Å². The Hall–Kier alpha value is -0.0800. The van der Waals surface area contributed by atoms with E-state index in [1.807, 2.05) is 0 Å². The number of hydrogen-bond donors (Lipinski definition) is 1. The summed E-state index contributed by atoms with van der Waals surface area (Å²) in [6.07, 6.45) is 0. The number of rotatable bonds is 7. The molecule has 92 valence electrons. The Morgan fingerprint density at radius 2 is 1.53 bits per heavy atom. The van der Waals surface area contributed by atoms with Gasteiger partial charge in [-0.15, -0.1) is 0 Å². The third-order valence-corrected chi connectivity index (χ3v) is 3.79. The van der Waals surface area contributed by atoms with Crippen LogP contribution in [0.5, 0.6) is 0 Å². The highest BCUT2D eigenvalue weighted by molar-refractivity contribution is 4.77. The third kappa shape index (κ3) is 4.98. The molecule has 0 aliphatic carbocycles. The molecule has 15 heavy (non-hydrogen) atoms. The van der Waals surface area contributed by atoms with Gasteiger partial charge in [-0.3, -0.25) is 0 Å². The van der Waals surface area contributed by atoms with Gasteiger partial charge >= 0.3 is 0 Å². The first-order chi connectivity index (χ1) is 6.91. The van der Waals surface area contributed by atoms with E-state index in [1.165, 1.54) is 0 Å². The number of nitrogens with one attached hydrogen (secondary N) is 1. The molecular formula is C13H30N2. The van der Waals surface area contributed by atoms with Crippen LogP contribution in [-0.2, 0) is 0 Å². The quantitative estimate of drug-likeness (QED) is 0.701. The van der Waals surface area contributed by atoms with E-state index in [0.29, 0.717) is 18.0 Å². The average Bonchev–Trinajstić information content (AvgIpc) is 2.22. The summed E-state index contributed by atoms with van der Waals surface area (Å²) in [5.41, 5.74) is 0. The van der Waals surface area contributed by atoms with Crippen LogP contribution in [0.15, 0.2) is 0 Å². The van der Waals surface area contributed by atoms with Gasteiger partial charge in [0, 0.05) is 12.1 Å². The highest BCUT2D eigenvalue weighted by Gasteiger charge is 2.22. The van der Waals surface area contributed by atoms with Crippen LogP contribution in [0.1, 0.15) is 41.5 Å². The summed E-state index contributed by atoms with van der Waals surface area (Å²) in [7, 11) is 2.25. The van der Waals surface area contributed by atoms with Gasteiger partial charge in [0.2, 0.25) is 0 Å². The summed E-state index contributed by atoms with van der Waals surface area (Å²) in [4.78, 5) is 2.51. The summed E-state index contributed by atoms with van der Waals surface area (Å²) in [5, 5.41) is 3.43. The fourth-order valence-electron chi connectivity index (χ4n) is 1.79. The van der Waals surface area contributed by atoms with Crippen molar-refractivity contribution in [3.05, 3.63) is 0 Å². The molecule has 0 bridgehead atoms. The van der Waals surface area contributed by atoms with Crippen molar-refractivity contribution < 1.29 is 0 Å². The van der Waals surface area contributed by atoms with Crippen molar-refractivity contribution in [2.45, 2.75) is 53.6 Å². The van der Waals surface area contributed by atoms with Crippen molar-refractivity contribution in [1.29, 1.82) is 0 Å². The molecule has 0 aliphatic heterocycles. The molecule has 0 fully saturated rings. The van der Waals surface area contributed by atoms with Crippen molar-refractivity contribution in [3.63, 3.8) is 0 Å². The molecule has 0 saturated carbocycles. The molecule has 0 heterocycles. The van der Waals surface area contributed by atoms with Crippen LogP contribution in [0, 0.1) is 11.8 Å². The summed E-state index contributed by atoms with van der Waals surface area (Å²) in [5.74, 6) is 1.43. The molecule has 0 spiro atoms. The fourth-order valence-corrected chi connectivity index (χ4v) is 1.79. The smallest absolute Gasteiger partial charge is 0.0104 e. The fraction of sp³-hybridized carbons (Fsp3) is 1.00. The Kier molecular flexibility index (Phi) is 7.20. The molecule has 2 heteroatoms.